The minimum absolute atomic E-state index is 0.287. The predicted octanol–water partition coefficient (Wildman–Crippen LogP) is 1.20. The second kappa shape index (κ2) is 4.75. The van der Waals surface area contributed by atoms with Gasteiger partial charge in [-0.25, -0.2) is 9.37 Å². The number of hydrogen-bond acceptors (Lipinski definition) is 3. The van der Waals surface area contributed by atoms with E-state index >= 15 is 0 Å². The molecule has 0 saturated heterocycles. The van der Waals surface area contributed by atoms with Gasteiger partial charge in [0.05, 0.1) is 17.7 Å². The molecule has 1 aromatic heterocycles. The van der Waals surface area contributed by atoms with E-state index in [9.17, 15) is 13.6 Å². The zero-order valence-electron chi connectivity index (χ0n) is 9.87. The second-order valence-corrected chi connectivity index (χ2v) is 4.30. The maximum atomic E-state index is 13.4. The van der Waals surface area contributed by atoms with Crippen molar-refractivity contribution < 1.29 is 18.7 Å². The summed E-state index contributed by atoms with van der Waals surface area (Å²) in [6, 6.07) is 1.10. The Bertz CT molecular complexity index is 435. The molecule has 0 aromatic carbocycles. The molecular formula is C11H14F2N2O2. The predicted molar refractivity (Wildman–Crippen MR) is 57.4 cm³/mol. The third-order valence-electron chi connectivity index (χ3n) is 2.68. The summed E-state index contributed by atoms with van der Waals surface area (Å²) >= 11 is 0. The van der Waals surface area contributed by atoms with Crippen molar-refractivity contribution in [3.05, 3.63) is 29.6 Å². The van der Waals surface area contributed by atoms with Crippen molar-refractivity contribution in [2.45, 2.75) is 19.4 Å². The summed E-state index contributed by atoms with van der Waals surface area (Å²) in [5.74, 6) is -3.30. The van der Waals surface area contributed by atoms with Crippen LogP contribution < -0.4 is 0 Å². The van der Waals surface area contributed by atoms with Crippen LogP contribution in [0.5, 0.6) is 0 Å². The van der Waals surface area contributed by atoms with Gasteiger partial charge in [0, 0.05) is 13.2 Å². The molecule has 0 aliphatic carbocycles. The third kappa shape index (κ3) is 2.58. The second-order valence-electron chi connectivity index (χ2n) is 4.30. The number of rotatable bonds is 3. The van der Waals surface area contributed by atoms with Crippen LogP contribution in [0.1, 0.15) is 24.2 Å². The number of aromatic nitrogens is 1. The molecule has 1 amide bonds. The lowest BCUT2D eigenvalue weighted by Gasteiger charge is -2.33. The Kier molecular flexibility index (Phi) is 3.77. The van der Waals surface area contributed by atoms with Gasteiger partial charge in [-0.05, 0) is 19.9 Å². The van der Waals surface area contributed by atoms with Gasteiger partial charge in [-0.1, -0.05) is 0 Å². The molecule has 4 nitrogen and oxygen atoms in total. The van der Waals surface area contributed by atoms with Crippen molar-refractivity contribution in [1.29, 1.82) is 0 Å². The summed E-state index contributed by atoms with van der Waals surface area (Å²) in [4.78, 5) is 16.2. The van der Waals surface area contributed by atoms with Gasteiger partial charge < -0.3 is 10.0 Å². The first-order chi connectivity index (χ1) is 7.81. The van der Waals surface area contributed by atoms with E-state index in [1.165, 1.54) is 7.05 Å². The van der Waals surface area contributed by atoms with Crippen LogP contribution in [0.4, 0.5) is 8.78 Å². The van der Waals surface area contributed by atoms with Crippen LogP contribution in [-0.2, 0) is 0 Å². The fraction of sp³-hybridized carbons (Fsp3) is 0.455. The van der Waals surface area contributed by atoms with E-state index in [1.807, 2.05) is 0 Å². The number of halogens is 2. The number of likely N-dealkylation sites (N-methyl/N-ethyl adjacent to an activating group) is 1. The van der Waals surface area contributed by atoms with E-state index in [0.29, 0.717) is 0 Å². The van der Waals surface area contributed by atoms with Crippen molar-refractivity contribution in [3.8, 4) is 0 Å². The summed E-state index contributed by atoms with van der Waals surface area (Å²) in [5, 5.41) is 9.11. The standard InChI is InChI=1S/C11H14F2N2O2/c1-11(2,6-16)15(3)10(17)7-4-5-14-9(13)8(7)12/h4-5,16H,6H2,1-3H3. The molecule has 1 aromatic rings. The summed E-state index contributed by atoms with van der Waals surface area (Å²) in [6.45, 7) is 2.94. The third-order valence-corrected chi connectivity index (χ3v) is 2.68. The van der Waals surface area contributed by atoms with E-state index < -0.39 is 28.8 Å². The van der Waals surface area contributed by atoms with E-state index in [1.54, 1.807) is 13.8 Å². The van der Waals surface area contributed by atoms with Gasteiger partial charge in [-0.15, -0.1) is 0 Å². The molecule has 17 heavy (non-hydrogen) atoms. The number of hydrogen-bond donors (Lipinski definition) is 1. The number of aliphatic hydroxyl groups is 1. The van der Waals surface area contributed by atoms with Crippen molar-refractivity contribution in [2.24, 2.45) is 0 Å². The van der Waals surface area contributed by atoms with E-state index in [2.05, 4.69) is 4.98 Å². The normalized spacial score (nSPS) is 11.4. The maximum Gasteiger partial charge on any atom is 0.257 e. The van der Waals surface area contributed by atoms with Gasteiger partial charge in [0.2, 0.25) is 5.95 Å². The Morgan fingerprint density at radius 1 is 1.53 bits per heavy atom. The minimum atomic E-state index is -1.31. The zero-order chi connectivity index (χ0) is 13.2. The maximum absolute atomic E-state index is 13.4. The number of nitrogens with zero attached hydrogens (tertiary/aromatic N) is 2. The van der Waals surface area contributed by atoms with Crippen LogP contribution in [-0.4, -0.2) is 40.1 Å². The summed E-state index contributed by atoms with van der Waals surface area (Å²) in [5.41, 5.74) is -1.26. The number of aliphatic hydroxyl groups excluding tert-OH is 1. The number of amides is 1. The lowest BCUT2D eigenvalue weighted by atomic mass is 10.0. The molecular weight excluding hydrogens is 230 g/mol. The Balaban J connectivity index is 3.09. The average molecular weight is 244 g/mol. The largest absolute Gasteiger partial charge is 0.394 e. The molecule has 0 radical (unpaired) electrons. The van der Waals surface area contributed by atoms with Crippen LogP contribution in [0.25, 0.3) is 0 Å². The van der Waals surface area contributed by atoms with Crippen LogP contribution in [0.3, 0.4) is 0 Å². The highest BCUT2D eigenvalue weighted by Crippen LogP contribution is 2.17. The molecule has 1 rings (SSSR count). The van der Waals surface area contributed by atoms with E-state index in [4.69, 9.17) is 5.11 Å². The van der Waals surface area contributed by atoms with Crippen molar-refractivity contribution in [1.82, 2.24) is 9.88 Å². The molecule has 1 heterocycles. The van der Waals surface area contributed by atoms with E-state index in [-0.39, 0.29) is 6.61 Å². The van der Waals surface area contributed by atoms with Gasteiger partial charge in [0.25, 0.3) is 5.91 Å². The summed E-state index contributed by atoms with van der Waals surface area (Å²) in [7, 11) is 1.41. The van der Waals surface area contributed by atoms with Crippen molar-refractivity contribution in [2.75, 3.05) is 13.7 Å². The van der Waals surface area contributed by atoms with Gasteiger partial charge in [-0.2, -0.15) is 4.39 Å². The molecule has 0 aliphatic heterocycles. The molecule has 0 saturated carbocycles. The lowest BCUT2D eigenvalue weighted by Crippen LogP contribution is -2.47. The molecule has 0 aliphatic rings. The van der Waals surface area contributed by atoms with Gasteiger partial charge >= 0.3 is 0 Å². The first-order valence-electron chi connectivity index (χ1n) is 5.00. The summed E-state index contributed by atoms with van der Waals surface area (Å²) < 4.78 is 26.2. The fourth-order valence-electron chi connectivity index (χ4n) is 1.15. The summed E-state index contributed by atoms with van der Waals surface area (Å²) in [6.07, 6.45) is 1.02. The van der Waals surface area contributed by atoms with Crippen molar-refractivity contribution >= 4 is 5.91 Å². The quantitative estimate of drug-likeness (QED) is 0.813. The Morgan fingerprint density at radius 2 is 2.12 bits per heavy atom. The number of carbonyl (C=O) groups is 1. The zero-order valence-corrected chi connectivity index (χ0v) is 9.87. The van der Waals surface area contributed by atoms with Crippen LogP contribution in [0.15, 0.2) is 12.3 Å². The number of carbonyl (C=O) groups excluding carboxylic acids is 1. The SMILES string of the molecule is CN(C(=O)c1ccnc(F)c1F)C(C)(C)CO. The monoisotopic (exact) mass is 244 g/mol. The van der Waals surface area contributed by atoms with Crippen LogP contribution >= 0.6 is 0 Å². The molecule has 0 unspecified atom stereocenters. The van der Waals surface area contributed by atoms with Gasteiger partial charge in [0.15, 0.2) is 5.82 Å². The molecule has 94 valence electrons. The Labute approximate surface area is 97.9 Å². The highest BCUT2D eigenvalue weighted by Gasteiger charge is 2.29. The molecule has 1 N–H and O–H groups in total. The highest BCUT2D eigenvalue weighted by atomic mass is 19.2. The molecule has 6 heteroatoms. The van der Waals surface area contributed by atoms with Crippen LogP contribution in [0, 0.1) is 11.8 Å². The minimum Gasteiger partial charge on any atom is -0.394 e. The molecule has 0 bridgehead atoms. The highest BCUT2D eigenvalue weighted by molar-refractivity contribution is 5.94. The van der Waals surface area contributed by atoms with Crippen molar-refractivity contribution in [3.63, 3.8) is 0 Å². The number of pyridine rings is 1. The van der Waals surface area contributed by atoms with Gasteiger partial charge in [-0.3, -0.25) is 4.79 Å². The van der Waals surface area contributed by atoms with Crippen LogP contribution in [0.2, 0.25) is 0 Å². The molecule has 0 fully saturated rings. The Morgan fingerprint density at radius 3 is 2.65 bits per heavy atom. The van der Waals surface area contributed by atoms with E-state index in [0.717, 1.165) is 17.2 Å². The average Bonchev–Trinajstić information content (AvgIpc) is 2.30. The molecule has 0 spiro atoms. The smallest absolute Gasteiger partial charge is 0.257 e. The lowest BCUT2D eigenvalue weighted by molar-refractivity contribution is 0.0467. The topological polar surface area (TPSA) is 53.4 Å². The first kappa shape index (κ1) is 13.5. The van der Waals surface area contributed by atoms with Gasteiger partial charge in [0.1, 0.15) is 0 Å². The molecule has 0 atom stereocenters. The fourth-order valence-corrected chi connectivity index (χ4v) is 1.15. The first-order valence-corrected chi connectivity index (χ1v) is 5.00. The Hall–Kier alpha value is -1.56.